The molecule has 0 saturated heterocycles. The Kier molecular flexibility index (Phi) is 5.92. The number of imidazole rings is 1. The van der Waals surface area contributed by atoms with E-state index in [2.05, 4.69) is 18.1 Å². The lowest BCUT2D eigenvalue weighted by molar-refractivity contribution is 0.0791. The largest absolute Gasteiger partial charge is 0.331 e. The van der Waals surface area contributed by atoms with Crippen LogP contribution in [-0.2, 0) is 5.75 Å². The fraction of sp³-hybridized carbons (Fsp3) is 0.143. The van der Waals surface area contributed by atoms with Gasteiger partial charge in [-0.2, -0.15) is 0 Å². The highest BCUT2D eigenvalue weighted by molar-refractivity contribution is 7.98. The summed E-state index contributed by atoms with van der Waals surface area (Å²) in [7, 11) is 0. The maximum Gasteiger partial charge on any atom is 0.254 e. The van der Waals surface area contributed by atoms with Gasteiger partial charge in [0, 0.05) is 41.7 Å². The van der Waals surface area contributed by atoms with Crippen LogP contribution >= 0.6 is 11.8 Å². The molecule has 0 radical (unpaired) electrons. The van der Waals surface area contributed by atoms with Crippen molar-refractivity contribution in [2.24, 2.45) is 0 Å². The molecule has 0 fully saturated rings. The van der Waals surface area contributed by atoms with Crippen LogP contribution in [0.15, 0.2) is 85.1 Å². The van der Waals surface area contributed by atoms with Crippen LogP contribution in [0.5, 0.6) is 0 Å². The summed E-state index contributed by atoms with van der Waals surface area (Å²) in [6.45, 7) is 8.42. The molecular weight excluding hydrogens is 342 g/mol. The van der Waals surface area contributed by atoms with Crippen LogP contribution in [0.4, 0.5) is 0 Å². The van der Waals surface area contributed by atoms with E-state index >= 15 is 0 Å². The van der Waals surface area contributed by atoms with Crippen molar-refractivity contribution in [2.45, 2.75) is 10.6 Å². The highest BCUT2D eigenvalue weighted by Gasteiger charge is 2.13. The molecule has 26 heavy (non-hydrogen) atoms. The molecule has 0 unspecified atom stereocenters. The van der Waals surface area contributed by atoms with Crippen LogP contribution in [-0.4, -0.2) is 33.3 Å². The van der Waals surface area contributed by atoms with Crippen molar-refractivity contribution in [3.8, 4) is 0 Å². The van der Waals surface area contributed by atoms with Gasteiger partial charge in [-0.05, 0) is 36.4 Å². The second kappa shape index (κ2) is 8.54. The molecule has 1 aromatic carbocycles. The molecular formula is C21H21N3OS. The Labute approximate surface area is 157 Å². The van der Waals surface area contributed by atoms with Crippen molar-refractivity contribution in [2.75, 3.05) is 13.1 Å². The lowest BCUT2D eigenvalue weighted by atomic mass is 10.2. The Balaban J connectivity index is 1.64. The first-order valence-corrected chi connectivity index (χ1v) is 9.36. The first-order valence-electron chi connectivity index (χ1n) is 8.38. The summed E-state index contributed by atoms with van der Waals surface area (Å²) >= 11 is 1.71. The number of benzene rings is 1. The molecule has 1 amide bonds. The van der Waals surface area contributed by atoms with Crippen LogP contribution < -0.4 is 0 Å². The van der Waals surface area contributed by atoms with Crippen molar-refractivity contribution in [1.82, 2.24) is 14.3 Å². The zero-order valence-corrected chi connectivity index (χ0v) is 15.4. The molecule has 4 nitrogen and oxygen atoms in total. The first-order chi connectivity index (χ1) is 12.7. The standard InChI is InChI=1S/C21H21N3OS/c1-3-12-23(13-4-2)21(25)17-8-10-19(11-9-17)26-16-18-15-24-14-6-5-7-20(24)22-18/h3-11,14-15H,1-2,12-13,16H2. The number of nitrogens with zero attached hydrogens (tertiary/aromatic N) is 3. The summed E-state index contributed by atoms with van der Waals surface area (Å²) in [4.78, 5) is 19.9. The van der Waals surface area contributed by atoms with Gasteiger partial charge >= 0.3 is 0 Å². The van der Waals surface area contributed by atoms with E-state index in [1.165, 1.54) is 0 Å². The summed E-state index contributed by atoms with van der Waals surface area (Å²) in [6, 6.07) is 13.7. The van der Waals surface area contributed by atoms with E-state index < -0.39 is 0 Å². The molecule has 0 N–H and O–H groups in total. The molecule has 0 saturated carbocycles. The summed E-state index contributed by atoms with van der Waals surface area (Å²) in [6.07, 6.45) is 7.48. The van der Waals surface area contributed by atoms with Crippen molar-refractivity contribution in [3.05, 3.63) is 91.4 Å². The molecule has 2 heterocycles. The van der Waals surface area contributed by atoms with E-state index in [0.717, 1.165) is 22.0 Å². The maximum absolute atomic E-state index is 12.5. The quantitative estimate of drug-likeness (QED) is 0.439. The van der Waals surface area contributed by atoms with Gasteiger partial charge in [-0.1, -0.05) is 18.2 Å². The van der Waals surface area contributed by atoms with E-state index in [0.29, 0.717) is 18.7 Å². The number of fused-ring (bicyclic) bond motifs is 1. The molecule has 0 aliphatic carbocycles. The number of carbonyl (C=O) groups excluding carboxylic acids is 1. The normalized spacial score (nSPS) is 10.6. The van der Waals surface area contributed by atoms with Gasteiger partial charge in [0.15, 0.2) is 0 Å². The predicted molar refractivity (Wildman–Crippen MR) is 107 cm³/mol. The van der Waals surface area contributed by atoms with E-state index in [-0.39, 0.29) is 5.91 Å². The molecule has 2 aromatic heterocycles. The third-order valence-corrected chi connectivity index (χ3v) is 4.93. The zero-order chi connectivity index (χ0) is 18.4. The number of hydrogen-bond donors (Lipinski definition) is 0. The van der Waals surface area contributed by atoms with Crippen molar-refractivity contribution >= 4 is 23.3 Å². The second-order valence-corrected chi connectivity index (χ2v) is 6.85. The average Bonchev–Trinajstić information content (AvgIpc) is 3.09. The molecule has 0 bridgehead atoms. The van der Waals surface area contributed by atoms with Gasteiger partial charge in [-0.15, -0.1) is 24.9 Å². The summed E-state index contributed by atoms with van der Waals surface area (Å²) in [5.74, 6) is 0.773. The Bertz CT molecular complexity index is 871. The fourth-order valence-electron chi connectivity index (χ4n) is 2.64. The third kappa shape index (κ3) is 4.24. The maximum atomic E-state index is 12.5. The first kappa shape index (κ1) is 18.0. The average molecular weight is 363 g/mol. The monoisotopic (exact) mass is 363 g/mol. The summed E-state index contributed by atoms with van der Waals surface area (Å²) < 4.78 is 2.02. The number of rotatable bonds is 8. The van der Waals surface area contributed by atoms with Crippen LogP contribution in [0.1, 0.15) is 16.1 Å². The van der Waals surface area contributed by atoms with Crippen molar-refractivity contribution < 1.29 is 4.79 Å². The molecule has 0 aliphatic heterocycles. The highest BCUT2D eigenvalue weighted by atomic mass is 32.2. The summed E-state index contributed by atoms with van der Waals surface area (Å²) in [5, 5.41) is 0. The Morgan fingerprint density at radius 3 is 2.50 bits per heavy atom. The van der Waals surface area contributed by atoms with Crippen molar-refractivity contribution in [1.29, 1.82) is 0 Å². The minimum atomic E-state index is -0.0123. The fourth-order valence-corrected chi connectivity index (χ4v) is 3.42. The number of carbonyl (C=O) groups is 1. The minimum Gasteiger partial charge on any atom is -0.331 e. The number of hydrogen-bond acceptors (Lipinski definition) is 3. The van der Waals surface area contributed by atoms with Crippen molar-refractivity contribution in [3.63, 3.8) is 0 Å². The van der Waals surface area contributed by atoms with Crippen LogP contribution in [0.3, 0.4) is 0 Å². The molecule has 3 rings (SSSR count). The van der Waals surface area contributed by atoms with E-state index in [1.54, 1.807) is 28.8 Å². The van der Waals surface area contributed by atoms with Crippen LogP contribution in [0.25, 0.3) is 5.65 Å². The van der Waals surface area contributed by atoms with E-state index in [4.69, 9.17) is 0 Å². The zero-order valence-electron chi connectivity index (χ0n) is 14.5. The lowest BCUT2D eigenvalue weighted by Gasteiger charge is -2.19. The summed E-state index contributed by atoms with van der Waals surface area (Å²) in [5.41, 5.74) is 2.66. The number of pyridine rings is 1. The van der Waals surface area contributed by atoms with Gasteiger partial charge in [-0.3, -0.25) is 4.79 Å². The third-order valence-electron chi connectivity index (χ3n) is 3.89. The molecule has 0 spiro atoms. The Hall–Kier alpha value is -2.79. The molecule has 5 heteroatoms. The second-order valence-electron chi connectivity index (χ2n) is 5.80. The van der Waals surface area contributed by atoms with E-state index in [9.17, 15) is 4.79 Å². The molecule has 132 valence electrons. The molecule has 3 aromatic rings. The van der Waals surface area contributed by atoms with E-state index in [1.807, 2.05) is 59.3 Å². The smallest absolute Gasteiger partial charge is 0.254 e. The topological polar surface area (TPSA) is 37.6 Å². The number of amides is 1. The van der Waals surface area contributed by atoms with Gasteiger partial charge in [-0.25, -0.2) is 4.98 Å². The van der Waals surface area contributed by atoms with Crippen LogP contribution in [0.2, 0.25) is 0 Å². The van der Waals surface area contributed by atoms with Crippen LogP contribution in [0, 0.1) is 0 Å². The van der Waals surface area contributed by atoms with Gasteiger partial charge in [0.1, 0.15) is 5.65 Å². The lowest BCUT2D eigenvalue weighted by Crippen LogP contribution is -2.31. The minimum absolute atomic E-state index is 0.0123. The Morgan fingerprint density at radius 2 is 1.85 bits per heavy atom. The van der Waals surface area contributed by atoms with Gasteiger partial charge in [0.25, 0.3) is 5.91 Å². The predicted octanol–water partition coefficient (Wildman–Crippen LogP) is 4.44. The van der Waals surface area contributed by atoms with Gasteiger partial charge in [0.2, 0.25) is 0 Å². The highest BCUT2D eigenvalue weighted by Crippen LogP contribution is 2.23. The van der Waals surface area contributed by atoms with Gasteiger partial charge < -0.3 is 9.30 Å². The Morgan fingerprint density at radius 1 is 1.12 bits per heavy atom. The number of aromatic nitrogens is 2. The SMILES string of the molecule is C=CCN(CC=C)C(=O)c1ccc(SCc2cn3ccccc3n2)cc1. The molecule has 0 atom stereocenters. The molecule has 0 aliphatic rings. The number of thioether (sulfide) groups is 1. The van der Waals surface area contributed by atoms with Gasteiger partial charge in [0.05, 0.1) is 5.69 Å².